The number of carboxylic acid groups (broad SMARTS) is 1. The Morgan fingerprint density at radius 3 is 2.67 bits per heavy atom. The fraction of sp³-hybridized carbons (Fsp3) is 0.167. The van der Waals surface area contributed by atoms with Crippen molar-refractivity contribution in [2.24, 2.45) is 0 Å². The third kappa shape index (κ3) is 3.43. The molecule has 0 unspecified atom stereocenters. The van der Waals surface area contributed by atoms with Crippen LogP contribution in [-0.4, -0.2) is 23.2 Å². The van der Waals surface area contributed by atoms with Crippen LogP contribution in [0.2, 0.25) is 0 Å². The number of carbonyl (C=O) groups is 1. The number of aromatic nitrogens is 1. The van der Waals surface area contributed by atoms with Crippen molar-refractivity contribution in [3.05, 3.63) is 34.8 Å². The average Bonchev–Trinajstić information content (AvgIpc) is 2.83. The van der Waals surface area contributed by atoms with E-state index in [0.717, 1.165) is 0 Å². The molecular weight excluding hydrogens is 309 g/mol. The van der Waals surface area contributed by atoms with Crippen LogP contribution in [0.15, 0.2) is 24.3 Å². The molecule has 0 aliphatic rings. The van der Waals surface area contributed by atoms with E-state index in [2.05, 4.69) is 10.3 Å². The van der Waals surface area contributed by atoms with Crippen molar-refractivity contribution in [1.29, 1.82) is 0 Å². The number of aromatic carboxylic acids is 1. The number of methoxy groups -OCH3 is 1. The van der Waals surface area contributed by atoms with Gasteiger partial charge in [-0.3, -0.25) is 0 Å². The topological polar surface area (TPSA) is 71.5 Å². The Morgan fingerprint density at radius 1 is 1.43 bits per heavy atom. The maximum atomic E-state index is 12.7. The summed E-state index contributed by atoms with van der Waals surface area (Å²) in [5.74, 6) is -1.16. The van der Waals surface area contributed by atoms with Gasteiger partial charge >= 0.3 is 12.1 Å². The van der Waals surface area contributed by atoms with Crippen LogP contribution in [0.1, 0.15) is 15.4 Å². The highest BCUT2D eigenvalue weighted by atomic mass is 32.1. The predicted octanol–water partition coefficient (Wildman–Crippen LogP) is 3.61. The zero-order chi connectivity index (χ0) is 15.6. The van der Waals surface area contributed by atoms with E-state index in [0.29, 0.717) is 22.8 Å². The van der Waals surface area contributed by atoms with Crippen LogP contribution in [0.25, 0.3) is 0 Å². The van der Waals surface area contributed by atoms with Gasteiger partial charge in [0.2, 0.25) is 0 Å². The normalized spacial score (nSPS) is 11.2. The number of hydrogen-bond donors (Lipinski definition) is 2. The van der Waals surface area contributed by atoms with Gasteiger partial charge in [-0.2, -0.15) is 13.2 Å². The minimum Gasteiger partial charge on any atom is -0.497 e. The van der Waals surface area contributed by atoms with Gasteiger partial charge in [0.25, 0.3) is 0 Å². The number of thiazole rings is 1. The van der Waals surface area contributed by atoms with Crippen molar-refractivity contribution in [3.8, 4) is 5.75 Å². The minimum absolute atomic E-state index is 0.159. The predicted molar refractivity (Wildman–Crippen MR) is 70.4 cm³/mol. The van der Waals surface area contributed by atoms with Crippen LogP contribution in [0.5, 0.6) is 5.75 Å². The van der Waals surface area contributed by atoms with Gasteiger partial charge in [0, 0.05) is 11.8 Å². The molecule has 5 nitrogen and oxygen atoms in total. The summed E-state index contributed by atoms with van der Waals surface area (Å²) in [5, 5.41) is 11.3. The summed E-state index contributed by atoms with van der Waals surface area (Å²) in [6, 6.07) is 6.45. The molecule has 1 aromatic carbocycles. The Labute approximate surface area is 121 Å². The van der Waals surface area contributed by atoms with E-state index in [4.69, 9.17) is 9.84 Å². The SMILES string of the molecule is COc1cccc(Nc2nc(C(F)(F)F)c(C(=O)O)s2)c1. The van der Waals surface area contributed by atoms with Crippen molar-refractivity contribution >= 4 is 28.1 Å². The number of ether oxygens (including phenoxy) is 1. The maximum absolute atomic E-state index is 12.7. The largest absolute Gasteiger partial charge is 0.497 e. The van der Waals surface area contributed by atoms with Crippen LogP contribution in [0.3, 0.4) is 0 Å². The quantitative estimate of drug-likeness (QED) is 0.901. The highest BCUT2D eigenvalue weighted by Gasteiger charge is 2.39. The first-order chi connectivity index (χ1) is 9.81. The summed E-state index contributed by atoms with van der Waals surface area (Å²) in [6.45, 7) is 0. The van der Waals surface area contributed by atoms with Crippen molar-refractivity contribution in [1.82, 2.24) is 4.98 Å². The van der Waals surface area contributed by atoms with Crippen molar-refractivity contribution in [2.45, 2.75) is 6.18 Å². The van der Waals surface area contributed by atoms with Gasteiger partial charge in [-0.15, -0.1) is 0 Å². The first kappa shape index (κ1) is 15.1. The number of anilines is 2. The lowest BCUT2D eigenvalue weighted by Gasteiger charge is -2.05. The molecule has 2 N–H and O–H groups in total. The molecule has 0 amide bonds. The second-order valence-electron chi connectivity index (χ2n) is 3.86. The van der Waals surface area contributed by atoms with E-state index in [1.165, 1.54) is 7.11 Å². The second kappa shape index (κ2) is 5.60. The van der Waals surface area contributed by atoms with E-state index in [1.54, 1.807) is 24.3 Å². The number of alkyl halides is 3. The Kier molecular flexibility index (Phi) is 4.03. The molecule has 0 radical (unpaired) electrons. The molecule has 0 saturated carbocycles. The fourth-order valence-electron chi connectivity index (χ4n) is 1.53. The average molecular weight is 318 g/mol. The summed E-state index contributed by atoms with van der Waals surface area (Å²) in [4.78, 5) is 13.3. The highest BCUT2D eigenvalue weighted by Crippen LogP contribution is 2.37. The van der Waals surface area contributed by atoms with Gasteiger partial charge in [-0.25, -0.2) is 9.78 Å². The lowest BCUT2D eigenvalue weighted by atomic mass is 10.3. The molecule has 21 heavy (non-hydrogen) atoms. The summed E-state index contributed by atoms with van der Waals surface area (Å²) < 4.78 is 43.1. The molecule has 0 bridgehead atoms. The lowest BCUT2D eigenvalue weighted by molar-refractivity contribution is -0.141. The molecule has 0 fully saturated rings. The third-order valence-corrected chi connectivity index (χ3v) is 3.37. The third-order valence-electron chi connectivity index (χ3n) is 2.41. The van der Waals surface area contributed by atoms with Gasteiger partial charge in [0.15, 0.2) is 10.8 Å². The molecule has 1 aromatic heterocycles. The molecule has 0 saturated heterocycles. The van der Waals surface area contributed by atoms with Crippen LogP contribution >= 0.6 is 11.3 Å². The van der Waals surface area contributed by atoms with Gasteiger partial charge in [0.1, 0.15) is 10.6 Å². The zero-order valence-corrected chi connectivity index (χ0v) is 11.4. The van der Waals surface area contributed by atoms with Crippen LogP contribution in [0, 0.1) is 0 Å². The summed E-state index contributed by atoms with van der Waals surface area (Å²) in [6.07, 6.45) is -4.82. The Bertz CT molecular complexity index is 670. The van der Waals surface area contributed by atoms with Crippen molar-refractivity contribution < 1.29 is 27.8 Å². The van der Waals surface area contributed by atoms with Gasteiger partial charge in [-0.1, -0.05) is 17.4 Å². The molecule has 9 heteroatoms. The van der Waals surface area contributed by atoms with Crippen molar-refractivity contribution in [2.75, 3.05) is 12.4 Å². The molecule has 0 aliphatic carbocycles. The molecule has 0 aliphatic heterocycles. The number of nitrogens with zero attached hydrogens (tertiary/aromatic N) is 1. The summed E-state index contributed by atoms with van der Waals surface area (Å²) in [7, 11) is 1.45. The van der Waals surface area contributed by atoms with E-state index >= 15 is 0 Å². The molecule has 2 rings (SSSR count). The van der Waals surface area contributed by atoms with Crippen LogP contribution in [0.4, 0.5) is 24.0 Å². The maximum Gasteiger partial charge on any atom is 0.435 e. The molecule has 1 heterocycles. The highest BCUT2D eigenvalue weighted by molar-refractivity contribution is 7.17. The number of nitrogens with one attached hydrogen (secondary N) is 1. The monoisotopic (exact) mass is 318 g/mol. The second-order valence-corrected chi connectivity index (χ2v) is 4.86. The molecule has 0 atom stereocenters. The van der Waals surface area contributed by atoms with Gasteiger partial charge < -0.3 is 15.2 Å². The van der Waals surface area contributed by atoms with E-state index in [-0.39, 0.29) is 5.13 Å². The molecule has 0 spiro atoms. The smallest absolute Gasteiger partial charge is 0.435 e. The van der Waals surface area contributed by atoms with Crippen molar-refractivity contribution in [3.63, 3.8) is 0 Å². The van der Waals surface area contributed by atoms with Gasteiger partial charge in [0.05, 0.1) is 7.11 Å². The summed E-state index contributed by atoms with van der Waals surface area (Å²) in [5.41, 5.74) is -0.973. The standard InChI is InChI=1S/C12H9F3N2O3S/c1-20-7-4-2-3-6(5-7)16-11-17-9(12(13,14)15)8(21-11)10(18)19/h2-5H,1H3,(H,16,17)(H,18,19). The number of benzene rings is 1. The molecular formula is C12H9F3N2O3S. The van der Waals surface area contributed by atoms with E-state index in [9.17, 15) is 18.0 Å². The lowest BCUT2D eigenvalue weighted by Crippen LogP contribution is -2.11. The minimum atomic E-state index is -4.82. The number of rotatable bonds is 4. The first-order valence-electron chi connectivity index (χ1n) is 5.53. The number of halogens is 3. The van der Waals surface area contributed by atoms with Gasteiger partial charge in [-0.05, 0) is 12.1 Å². The molecule has 112 valence electrons. The Hall–Kier alpha value is -2.29. The van der Waals surface area contributed by atoms with Crippen LogP contribution in [-0.2, 0) is 6.18 Å². The number of carboxylic acids is 1. The van der Waals surface area contributed by atoms with Crippen LogP contribution < -0.4 is 10.1 Å². The van der Waals surface area contributed by atoms with E-state index in [1.807, 2.05) is 0 Å². The fourth-order valence-corrected chi connectivity index (χ4v) is 2.38. The Balaban J connectivity index is 2.34. The number of hydrogen-bond acceptors (Lipinski definition) is 5. The first-order valence-corrected chi connectivity index (χ1v) is 6.35. The Morgan fingerprint density at radius 2 is 2.14 bits per heavy atom. The zero-order valence-electron chi connectivity index (χ0n) is 10.6. The van der Waals surface area contributed by atoms with E-state index < -0.39 is 22.7 Å². The summed E-state index contributed by atoms with van der Waals surface area (Å²) >= 11 is 0.420. The molecule has 2 aromatic rings.